The summed E-state index contributed by atoms with van der Waals surface area (Å²) in [4.78, 5) is 0. The second kappa shape index (κ2) is 5.16. The molecule has 0 aromatic heterocycles. The van der Waals surface area contributed by atoms with Gasteiger partial charge in [-0.3, -0.25) is 0 Å². The van der Waals surface area contributed by atoms with E-state index in [2.05, 4.69) is 0 Å². The maximum atomic E-state index is 8.67. The monoisotopic (exact) mass is 206 g/mol. The van der Waals surface area contributed by atoms with Crippen molar-refractivity contribution in [3.05, 3.63) is 35.4 Å². The van der Waals surface area contributed by atoms with E-state index >= 15 is 0 Å². The third kappa shape index (κ3) is 2.16. The molecule has 0 amide bonds. The van der Waals surface area contributed by atoms with Crippen LogP contribution >= 0.6 is 0 Å². The summed E-state index contributed by atoms with van der Waals surface area (Å²) in [5, 5.41) is 34.7. The van der Waals surface area contributed by atoms with Crippen molar-refractivity contribution in [1.29, 1.82) is 21.0 Å². The second-order valence-corrected chi connectivity index (χ2v) is 3.05. The van der Waals surface area contributed by atoms with Crippen LogP contribution in [0.4, 0.5) is 0 Å². The van der Waals surface area contributed by atoms with E-state index in [9.17, 15) is 0 Å². The Labute approximate surface area is 93.2 Å². The molecule has 4 heteroatoms. The molecule has 0 heterocycles. The molecule has 0 spiro atoms. The van der Waals surface area contributed by atoms with Crippen LogP contribution in [0.15, 0.2) is 24.3 Å². The van der Waals surface area contributed by atoms with E-state index in [4.69, 9.17) is 21.0 Å². The highest BCUT2D eigenvalue weighted by Gasteiger charge is 2.12. The van der Waals surface area contributed by atoms with Gasteiger partial charge in [-0.1, -0.05) is 24.3 Å². The van der Waals surface area contributed by atoms with Crippen LogP contribution in [0.5, 0.6) is 0 Å². The van der Waals surface area contributed by atoms with Crippen molar-refractivity contribution >= 4 is 0 Å². The summed E-state index contributed by atoms with van der Waals surface area (Å²) in [5.74, 6) is -1.62. The maximum absolute atomic E-state index is 8.67. The first-order valence-corrected chi connectivity index (χ1v) is 4.45. The Bertz CT molecular complexity index is 452. The summed E-state index contributed by atoms with van der Waals surface area (Å²) in [7, 11) is 0. The predicted molar refractivity (Wildman–Crippen MR) is 54.4 cm³/mol. The van der Waals surface area contributed by atoms with E-state index in [1.54, 1.807) is 24.3 Å². The van der Waals surface area contributed by atoms with Gasteiger partial charge in [-0.05, 0) is 11.1 Å². The molecule has 0 N–H and O–H groups in total. The van der Waals surface area contributed by atoms with Gasteiger partial charge in [-0.2, -0.15) is 21.0 Å². The van der Waals surface area contributed by atoms with Crippen LogP contribution in [0.1, 0.15) is 23.0 Å². The summed E-state index contributed by atoms with van der Waals surface area (Å²) < 4.78 is 0. The average Bonchev–Trinajstić information content (AvgIpc) is 2.34. The van der Waals surface area contributed by atoms with Gasteiger partial charge in [0.25, 0.3) is 0 Å². The van der Waals surface area contributed by atoms with Crippen LogP contribution in [0, 0.1) is 45.3 Å². The Morgan fingerprint density at radius 2 is 0.875 bits per heavy atom. The van der Waals surface area contributed by atoms with Gasteiger partial charge >= 0.3 is 0 Å². The van der Waals surface area contributed by atoms with E-state index in [0.29, 0.717) is 11.1 Å². The average molecular weight is 206 g/mol. The van der Waals surface area contributed by atoms with Crippen LogP contribution in [0.3, 0.4) is 0 Å². The summed E-state index contributed by atoms with van der Waals surface area (Å²) in [6.45, 7) is 0. The fraction of sp³-hybridized carbons (Fsp3) is 0.167. The Kier molecular flexibility index (Phi) is 3.63. The Hall–Kier alpha value is -2.82. The third-order valence-corrected chi connectivity index (χ3v) is 2.12. The lowest BCUT2D eigenvalue weighted by Gasteiger charge is -2.03. The Morgan fingerprint density at radius 1 is 0.625 bits per heavy atom. The summed E-state index contributed by atoms with van der Waals surface area (Å²) in [6.07, 6.45) is 0. The van der Waals surface area contributed by atoms with Crippen LogP contribution in [0.2, 0.25) is 0 Å². The quantitative estimate of drug-likeness (QED) is 0.738. The molecule has 1 rings (SSSR count). The van der Waals surface area contributed by atoms with Gasteiger partial charge in [0.05, 0.1) is 24.3 Å². The molecule has 16 heavy (non-hydrogen) atoms. The molecule has 0 fully saturated rings. The first-order chi connectivity index (χ1) is 7.76. The van der Waals surface area contributed by atoms with Crippen molar-refractivity contribution in [3.63, 3.8) is 0 Å². The topological polar surface area (TPSA) is 95.2 Å². The Morgan fingerprint density at radius 3 is 1.06 bits per heavy atom. The van der Waals surface area contributed by atoms with E-state index in [1.807, 2.05) is 24.3 Å². The minimum Gasteiger partial charge on any atom is -0.196 e. The normalized spacial score (nSPS) is 8.88. The molecular weight excluding hydrogens is 200 g/mol. The van der Waals surface area contributed by atoms with Crippen LogP contribution in [0.25, 0.3) is 0 Å². The van der Waals surface area contributed by atoms with Gasteiger partial charge < -0.3 is 0 Å². The standard InChI is InChI=1S/C12H6N4/c13-5-11(6-14)9-1-2-10(4-3-9)12(7-15)8-16/h1-4,11-12H. The van der Waals surface area contributed by atoms with Crippen LogP contribution in [-0.4, -0.2) is 0 Å². The third-order valence-electron chi connectivity index (χ3n) is 2.12. The van der Waals surface area contributed by atoms with Crippen molar-refractivity contribution < 1.29 is 0 Å². The minimum atomic E-state index is -0.809. The van der Waals surface area contributed by atoms with Crippen molar-refractivity contribution in [2.24, 2.45) is 0 Å². The first-order valence-electron chi connectivity index (χ1n) is 4.45. The van der Waals surface area contributed by atoms with Crippen molar-refractivity contribution in [3.8, 4) is 24.3 Å². The zero-order valence-electron chi connectivity index (χ0n) is 8.25. The number of rotatable bonds is 2. The molecule has 1 aromatic rings. The molecule has 0 unspecified atom stereocenters. The Balaban J connectivity index is 3.03. The number of hydrogen-bond acceptors (Lipinski definition) is 4. The zero-order chi connectivity index (χ0) is 12.0. The molecular formula is C12H6N4. The van der Waals surface area contributed by atoms with Gasteiger partial charge in [0.2, 0.25) is 0 Å². The van der Waals surface area contributed by atoms with Crippen molar-refractivity contribution in [1.82, 2.24) is 0 Å². The highest BCUT2D eigenvalue weighted by atomic mass is 14.3. The molecule has 4 nitrogen and oxygen atoms in total. The number of hydrogen-bond donors (Lipinski definition) is 0. The molecule has 0 saturated carbocycles. The molecule has 0 bridgehead atoms. The van der Waals surface area contributed by atoms with Crippen molar-refractivity contribution in [2.75, 3.05) is 0 Å². The highest BCUT2D eigenvalue weighted by molar-refractivity contribution is 5.38. The molecule has 0 aliphatic heterocycles. The fourth-order valence-corrected chi connectivity index (χ4v) is 1.24. The zero-order valence-corrected chi connectivity index (χ0v) is 8.25. The number of benzene rings is 1. The number of nitriles is 4. The lowest BCUT2D eigenvalue weighted by molar-refractivity contribution is 1.07. The van der Waals surface area contributed by atoms with Gasteiger partial charge in [0, 0.05) is 0 Å². The minimum absolute atomic E-state index is 0.573. The van der Waals surface area contributed by atoms with Crippen LogP contribution < -0.4 is 0 Å². The molecule has 74 valence electrons. The first kappa shape index (κ1) is 11.3. The van der Waals surface area contributed by atoms with Gasteiger partial charge in [0.1, 0.15) is 0 Å². The lowest BCUT2D eigenvalue weighted by Crippen LogP contribution is -1.95. The van der Waals surface area contributed by atoms with Crippen LogP contribution in [-0.2, 0) is 0 Å². The summed E-state index contributed by atoms with van der Waals surface area (Å²) in [5.41, 5.74) is 1.15. The molecule has 0 saturated heterocycles. The maximum Gasteiger partial charge on any atom is 0.158 e. The van der Waals surface area contributed by atoms with Gasteiger partial charge in [-0.15, -0.1) is 0 Å². The molecule has 1 aromatic carbocycles. The molecule has 0 atom stereocenters. The second-order valence-electron chi connectivity index (χ2n) is 3.05. The highest BCUT2D eigenvalue weighted by Crippen LogP contribution is 2.19. The summed E-state index contributed by atoms with van der Waals surface area (Å²) >= 11 is 0. The molecule has 0 radical (unpaired) electrons. The van der Waals surface area contributed by atoms with Gasteiger partial charge in [-0.25, -0.2) is 0 Å². The largest absolute Gasteiger partial charge is 0.196 e. The molecule has 0 aliphatic carbocycles. The smallest absolute Gasteiger partial charge is 0.158 e. The van der Waals surface area contributed by atoms with E-state index in [1.165, 1.54) is 0 Å². The number of nitrogens with zero attached hydrogens (tertiary/aromatic N) is 4. The van der Waals surface area contributed by atoms with E-state index in [-0.39, 0.29) is 0 Å². The SMILES string of the molecule is N#CC(C#N)c1ccc(C(C#N)C#N)cc1. The summed E-state index contributed by atoms with van der Waals surface area (Å²) in [6, 6.07) is 13.8. The molecule has 0 aliphatic rings. The fourth-order valence-electron chi connectivity index (χ4n) is 1.24. The van der Waals surface area contributed by atoms with Gasteiger partial charge in [0.15, 0.2) is 11.8 Å². The van der Waals surface area contributed by atoms with Crippen molar-refractivity contribution in [2.45, 2.75) is 11.8 Å². The van der Waals surface area contributed by atoms with E-state index < -0.39 is 11.8 Å². The predicted octanol–water partition coefficient (Wildman–Crippen LogP) is 1.95. The van der Waals surface area contributed by atoms with E-state index in [0.717, 1.165) is 0 Å². The lowest BCUT2D eigenvalue weighted by atomic mass is 9.96.